The SMILES string of the molecule is Fc1ccc(-c2nc3n[nH]c(Br)c3c(-c3ccc(F)cc3)c2-c2ccncc2)cc1. The Kier molecular flexibility index (Phi) is 4.59. The highest BCUT2D eigenvalue weighted by atomic mass is 79.9. The van der Waals surface area contributed by atoms with Gasteiger partial charge in [-0.05, 0) is 75.6 Å². The fraction of sp³-hybridized carbons (Fsp3) is 0. The highest BCUT2D eigenvalue weighted by Crippen LogP contribution is 2.44. The first-order valence-corrected chi connectivity index (χ1v) is 9.91. The molecule has 3 heterocycles. The summed E-state index contributed by atoms with van der Waals surface area (Å²) in [5.74, 6) is -0.647. The lowest BCUT2D eigenvalue weighted by Crippen LogP contribution is -1.96. The molecule has 0 aliphatic carbocycles. The van der Waals surface area contributed by atoms with E-state index in [0.717, 1.165) is 33.2 Å². The number of aromatic nitrogens is 4. The summed E-state index contributed by atoms with van der Waals surface area (Å²) >= 11 is 3.53. The van der Waals surface area contributed by atoms with Gasteiger partial charge in [0.15, 0.2) is 5.65 Å². The van der Waals surface area contributed by atoms with Gasteiger partial charge in [0, 0.05) is 29.1 Å². The number of fused-ring (bicyclic) bond motifs is 1. The monoisotopic (exact) mass is 462 g/mol. The van der Waals surface area contributed by atoms with Gasteiger partial charge in [-0.25, -0.2) is 13.8 Å². The predicted octanol–water partition coefficient (Wildman–Crippen LogP) is 6.39. The van der Waals surface area contributed by atoms with E-state index in [2.05, 4.69) is 31.1 Å². The van der Waals surface area contributed by atoms with Crippen LogP contribution >= 0.6 is 15.9 Å². The third-order valence-corrected chi connectivity index (χ3v) is 5.45. The molecule has 4 nitrogen and oxygen atoms in total. The molecule has 5 rings (SSSR count). The molecule has 0 radical (unpaired) electrons. The van der Waals surface area contributed by atoms with E-state index in [9.17, 15) is 8.78 Å². The van der Waals surface area contributed by atoms with Gasteiger partial charge in [0.05, 0.1) is 11.1 Å². The summed E-state index contributed by atoms with van der Waals surface area (Å²) in [6.07, 6.45) is 3.40. The molecule has 146 valence electrons. The average molecular weight is 463 g/mol. The van der Waals surface area contributed by atoms with Crippen LogP contribution in [0.25, 0.3) is 44.5 Å². The van der Waals surface area contributed by atoms with E-state index >= 15 is 0 Å². The number of benzene rings is 2. The maximum atomic E-state index is 13.7. The Balaban J connectivity index is 1.95. The zero-order valence-corrected chi connectivity index (χ0v) is 17.0. The summed E-state index contributed by atoms with van der Waals surface area (Å²) in [4.78, 5) is 8.91. The molecular weight excluding hydrogens is 450 g/mol. The van der Waals surface area contributed by atoms with Crippen LogP contribution in [0.4, 0.5) is 8.78 Å². The zero-order chi connectivity index (χ0) is 20.7. The van der Waals surface area contributed by atoms with Crippen molar-refractivity contribution in [3.63, 3.8) is 0 Å². The first-order valence-electron chi connectivity index (χ1n) is 9.11. The van der Waals surface area contributed by atoms with E-state index in [1.54, 1.807) is 36.7 Å². The van der Waals surface area contributed by atoms with Gasteiger partial charge in [0.2, 0.25) is 0 Å². The van der Waals surface area contributed by atoms with Crippen molar-refractivity contribution in [1.82, 2.24) is 20.2 Å². The Morgan fingerprint density at radius 1 is 0.700 bits per heavy atom. The first-order chi connectivity index (χ1) is 14.6. The molecule has 0 aliphatic heterocycles. The van der Waals surface area contributed by atoms with Crippen molar-refractivity contribution in [1.29, 1.82) is 0 Å². The maximum Gasteiger partial charge on any atom is 0.183 e. The summed E-state index contributed by atoms with van der Waals surface area (Å²) in [6, 6.07) is 16.2. The number of nitrogens with zero attached hydrogens (tertiary/aromatic N) is 3. The quantitative estimate of drug-likeness (QED) is 0.337. The second-order valence-electron chi connectivity index (χ2n) is 6.70. The lowest BCUT2D eigenvalue weighted by atomic mass is 9.90. The molecule has 0 saturated carbocycles. The van der Waals surface area contributed by atoms with Crippen LogP contribution in [0.3, 0.4) is 0 Å². The highest BCUT2D eigenvalue weighted by Gasteiger charge is 2.22. The van der Waals surface area contributed by atoms with Crippen LogP contribution in [-0.2, 0) is 0 Å². The third kappa shape index (κ3) is 3.17. The van der Waals surface area contributed by atoms with Gasteiger partial charge >= 0.3 is 0 Å². The fourth-order valence-corrected chi connectivity index (χ4v) is 4.01. The minimum Gasteiger partial charge on any atom is -0.269 e. The molecule has 0 saturated heterocycles. The average Bonchev–Trinajstić information content (AvgIpc) is 3.15. The molecule has 0 aliphatic rings. The number of rotatable bonds is 3. The van der Waals surface area contributed by atoms with Gasteiger partial charge in [-0.3, -0.25) is 10.1 Å². The summed E-state index contributed by atoms with van der Waals surface area (Å²) < 4.78 is 27.9. The number of H-pyrrole nitrogens is 1. The van der Waals surface area contributed by atoms with Crippen molar-refractivity contribution in [2.24, 2.45) is 0 Å². The number of aromatic amines is 1. The molecule has 0 spiro atoms. The van der Waals surface area contributed by atoms with Crippen LogP contribution in [-0.4, -0.2) is 20.2 Å². The minimum absolute atomic E-state index is 0.320. The van der Waals surface area contributed by atoms with E-state index in [1.165, 1.54) is 24.3 Å². The number of pyridine rings is 2. The lowest BCUT2D eigenvalue weighted by Gasteiger charge is -2.16. The number of halogens is 3. The summed E-state index contributed by atoms with van der Waals surface area (Å²) in [6.45, 7) is 0. The number of hydrogen-bond donors (Lipinski definition) is 1. The van der Waals surface area contributed by atoms with Crippen LogP contribution in [0.1, 0.15) is 0 Å². The first kappa shape index (κ1) is 18.6. The normalized spacial score (nSPS) is 11.2. The van der Waals surface area contributed by atoms with Crippen molar-refractivity contribution >= 4 is 27.0 Å². The van der Waals surface area contributed by atoms with Crippen LogP contribution in [0.15, 0.2) is 77.7 Å². The summed E-state index contributed by atoms with van der Waals surface area (Å²) in [5.41, 5.74) is 5.24. The van der Waals surface area contributed by atoms with Crippen LogP contribution < -0.4 is 0 Å². The van der Waals surface area contributed by atoms with E-state index in [0.29, 0.717) is 15.9 Å². The molecule has 30 heavy (non-hydrogen) atoms. The van der Waals surface area contributed by atoms with Crippen molar-refractivity contribution in [2.45, 2.75) is 0 Å². The Hall–Kier alpha value is -3.45. The second kappa shape index (κ2) is 7.42. The molecule has 1 N–H and O–H groups in total. The molecule has 0 atom stereocenters. The van der Waals surface area contributed by atoms with Crippen molar-refractivity contribution in [2.75, 3.05) is 0 Å². The largest absolute Gasteiger partial charge is 0.269 e. The van der Waals surface area contributed by atoms with Crippen molar-refractivity contribution in [3.05, 3.63) is 89.3 Å². The summed E-state index contributed by atoms with van der Waals surface area (Å²) in [7, 11) is 0. The minimum atomic E-state index is -0.327. The standard InChI is InChI=1S/C23H13BrF2N4/c24-22-20-18(13-1-5-16(25)6-2-13)19(14-9-11-27-12-10-14)21(28-23(20)30-29-22)15-3-7-17(26)8-4-15/h1-12H,(H,28,29,30). The smallest absolute Gasteiger partial charge is 0.183 e. The molecule has 7 heteroatoms. The number of nitrogens with one attached hydrogen (secondary N) is 1. The molecule has 0 fully saturated rings. The Morgan fingerprint density at radius 3 is 1.90 bits per heavy atom. The molecule has 3 aromatic heterocycles. The van der Waals surface area contributed by atoms with Crippen LogP contribution in [0.2, 0.25) is 0 Å². The molecule has 0 amide bonds. The topological polar surface area (TPSA) is 54.5 Å². The molecule has 5 aromatic rings. The predicted molar refractivity (Wildman–Crippen MR) is 116 cm³/mol. The lowest BCUT2D eigenvalue weighted by molar-refractivity contribution is 0.627. The molecule has 0 bridgehead atoms. The Labute approximate surface area is 178 Å². The van der Waals surface area contributed by atoms with Gasteiger partial charge < -0.3 is 0 Å². The molecule has 0 unspecified atom stereocenters. The molecule has 2 aromatic carbocycles. The van der Waals surface area contributed by atoms with Gasteiger partial charge in [0.25, 0.3) is 0 Å². The van der Waals surface area contributed by atoms with Gasteiger partial charge in [-0.1, -0.05) is 12.1 Å². The van der Waals surface area contributed by atoms with Crippen molar-refractivity contribution < 1.29 is 8.78 Å². The van der Waals surface area contributed by atoms with E-state index in [1.807, 2.05) is 12.1 Å². The third-order valence-electron chi connectivity index (χ3n) is 4.88. The van der Waals surface area contributed by atoms with E-state index < -0.39 is 0 Å². The number of hydrogen-bond acceptors (Lipinski definition) is 3. The molecular formula is C23H13BrF2N4. The van der Waals surface area contributed by atoms with E-state index in [4.69, 9.17) is 4.98 Å². The van der Waals surface area contributed by atoms with Gasteiger partial charge in [-0.15, -0.1) is 0 Å². The van der Waals surface area contributed by atoms with Gasteiger partial charge in [0.1, 0.15) is 16.2 Å². The Bertz CT molecular complexity index is 1350. The summed E-state index contributed by atoms with van der Waals surface area (Å²) in [5, 5.41) is 8.02. The maximum absolute atomic E-state index is 13.7. The van der Waals surface area contributed by atoms with Gasteiger partial charge in [-0.2, -0.15) is 5.10 Å². The van der Waals surface area contributed by atoms with E-state index in [-0.39, 0.29) is 11.6 Å². The fourth-order valence-electron chi connectivity index (χ4n) is 3.54. The van der Waals surface area contributed by atoms with Crippen molar-refractivity contribution in [3.8, 4) is 33.5 Å². The highest BCUT2D eigenvalue weighted by molar-refractivity contribution is 9.10. The second-order valence-corrected chi connectivity index (χ2v) is 7.49. The Morgan fingerprint density at radius 2 is 1.27 bits per heavy atom. The van der Waals surface area contributed by atoms with Crippen LogP contribution in [0.5, 0.6) is 0 Å². The van der Waals surface area contributed by atoms with Crippen LogP contribution in [0, 0.1) is 11.6 Å². The zero-order valence-electron chi connectivity index (χ0n) is 15.4.